The van der Waals surface area contributed by atoms with Crippen LogP contribution < -0.4 is 4.74 Å². The number of halogens is 1. The highest BCUT2D eigenvalue weighted by atomic mass is 79.9. The molecule has 0 spiro atoms. The molecule has 1 aromatic rings. The van der Waals surface area contributed by atoms with Gasteiger partial charge in [-0.05, 0) is 28.1 Å². The van der Waals surface area contributed by atoms with E-state index in [-0.39, 0.29) is 12.2 Å². The van der Waals surface area contributed by atoms with Gasteiger partial charge >= 0.3 is 5.97 Å². The molecule has 0 aliphatic rings. The van der Waals surface area contributed by atoms with Crippen molar-refractivity contribution in [1.82, 2.24) is 0 Å². The fourth-order valence-electron chi connectivity index (χ4n) is 1.24. The van der Waals surface area contributed by atoms with Gasteiger partial charge in [0, 0.05) is 4.47 Å². The largest absolute Gasteiger partial charge is 0.496 e. The van der Waals surface area contributed by atoms with E-state index in [1.54, 1.807) is 18.2 Å². The SMILES string of the molecule is COC(=O)CC(=O)c1c(Br)cccc1OC. The van der Waals surface area contributed by atoms with Crippen molar-refractivity contribution in [3.63, 3.8) is 0 Å². The third-order valence-electron chi connectivity index (χ3n) is 2.01. The van der Waals surface area contributed by atoms with Crippen molar-refractivity contribution in [3.8, 4) is 5.75 Å². The van der Waals surface area contributed by atoms with Gasteiger partial charge in [0.25, 0.3) is 0 Å². The highest BCUT2D eigenvalue weighted by molar-refractivity contribution is 9.10. The third-order valence-corrected chi connectivity index (χ3v) is 2.67. The molecule has 0 atom stereocenters. The van der Waals surface area contributed by atoms with Crippen molar-refractivity contribution < 1.29 is 19.1 Å². The molecule has 0 aromatic heterocycles. The van der Waals surface area contributed by atoms with Gasteiger partial charge in [-0.3, -0.25) is 9.59 Å². The summed E-state index contributed by atoms with van der Waals surface area (Å²) in [5.74, 6) is -0.470. The first-order valence-corrected chi connectivity index (χ1v) is 5.32. The lowest BCUT2D eigenvalue weighted by Gasteiger charge is -2.08. The van der Waals surface area contributed by atoms with Gasteiger partial charge in [0.2, 0.25) is 0 Å². The van der Waals surface area contributed by atoms with Crippen LogP contribution >= 0.6 is 15.9 Å². The van der Waals surface area contributed by atoms with Crippen LogP contribution in [0.25, 0.3) is 0 Å². The minimum absolute atomic E-state index is 0.296. The lowest BCUT2D eigenvalue weighted by Crippen LogP contribution is -2.11. The molecule has 4 nitrogen and oxygen atoms in total. The van der Waals surface area contributed by atoms with Gasteiger partial charge in [0.05, 0.1) is 19.8 Å². The van der Waals surface area contributed by atoms with Crippen molar-refractivity contribution in [3.05, 3.63) is 28.2 Å². The van der Waals surface area contributed by atoms with E-state index in [2.05, 4.69) is 20.7 Å². The number of hydrogen-bond acceptors (Lipinski definition) is 4. The predicted molar refractivity (Wildman–Crippen MR) is 61.7 cm³/mol. The van der Waals surface area contributed by atoms with E-state index in [4.69, 9.17) is 4.74 Å². The molecule has 0 aliphatic heterocycles. The van der Waals surface area contributed by atoms with Crippen molar-refractivity contribution >= 4 is 27.7 Å². The summed E-state index contributed by atoms with van der Waals surface area (Å²) in [6.45, 7) is 0. The average Bonchev–Trinajstić information content (AvgIpc) is 2.28. The zero-order valence-corrected chi connectivity index (χ0v) is 10.5. The number of carbonyl (C=O) groups is 2. The number of carbonyl (C=O) groups excluding carboxylic acids is 2. The second kappa shape index (κ2) is 5.65. The van der Waals surface area contributed by atoms with Gasteiger partial charge in [-0.1, -0.05) is 6.07 Å². The Labute approximate surface area is 102 Å². The van der Waals surface area contributed by atoms with Crippen LogP contribution in [0.15, 0.2) is 22.7 Å². The van der Waals surface area contributed by atoms with Crippen LogP contribution in [-0.4, -0.2) is 26.0 Å². The second-order valence-corrected chi connectivity index (χ2v) is 3.85. The van der Waals surface area contributed by atoms with E-state index >= 15 is 0 Å². The molecule has 0 saturated carbocycles. The van der Waals surface area contributed by atoms with E-state index in [0.717, 1.165) is 0 Å². The van der Waals surface area contributed by atoms with Gasteiger partial charge in [-0.25, -0.2) is 0 Å². The molecular weight excluding hydrogens is 276 g/mol. The van der Waals surface area contributed by atoms with E-state index in [0.29, 0.717) is 15.8 Å². The Morgan fingerprint density at radius 2 is 2.00 bits per heavy atom. The number of esters is 1. The summed E-state index contributed by atoms with van der Waals surface area (Å²) < 4.78 is 10.1. The standard InChI is InChI=1S/C11H11BrO4/c1-15-9-5-3-4-7(12)11(9)8(13)6-10(14)16-2/h3-5H,6H2,1-2H3. The highest BCUT2D eigenvalue weighted by Gasteiger charge is 2.19. The molecular formula is C11H11BrO4. The van der Waals surface area contributed by atoms with Crippen LogP contribution in [0.4, 0.5) is 0 Å². The van der Waals surface area contributed by atoms with Crippen molar-refractivity contribution in [2.45, 2.75) is 6.42 Å². The van der Waals surface area contributed by atoms with Crippen molar-refractivity contribution in [1.29, 1.82) is 0 Å². The first-order valence-electron chi connectivity index (χ1n) is 4.52. The summed E-state index contributed by atoms with van der Waals surface area (Å²) in [6, 6.07) is 5.13. The first-order chi connectivity index (χ1) is 7.60. The Balaban J connectivity index is 3.02. The van der Waals surface area contributed by atoms with Gasteiger partial charge < -0.3 is 9.47 Å². The second-order valence-electron chi connectivity index (χ2n) is 2.99. The quantitative estimate of drug-likeness (QED) is 0.484. The van der Waals surface area contributed by atoms with E-state index in [1.165, 1.54) is 14.2 Å². The fourth-order valence-corrected chi connectivity index (χ4v) is 1.81. The monoisotopic (exact) mass is 286 g/mol. The van der Waals surface area contributed by atoms with Gasteiger partial charge in [-0.15, -0.1) is 0 Å². The van der Waals surface area contributed by atoms with Crippen LogP contribution in [0.3, 0.4) is 0 Å². The van der Waals surface area contributed by atoms with Gasteiger partial charge in [-0.2, -0.15) is 0 Å². The van der Waals surface area contributed by atoms with Crippen LogP contribution in [0.1, 0.15) is 16.8 Å². The summed E-state index contributed by atoms with van der Waals surface area (Å²) in [6.07, 6.45) is -0.296. The van der Waals surface area contributed by atoms with Gasteiger partial charge in [0.1, 0.15) is 12.2 Å². The lowest BCUT2D eigenvalue weighted by atomic mass is 10.1. The smallest absolute Gasteiger partial charge is 0.313 e. The van der Waals surface area contributed by atoms with E-state index in [1.807, 2.05) is 0 Å². The number of ether oxygens (including phenoxy) is 2. The van der Waals surface area contributed by atoms with Crippen LogP contribution in [0.5, 0.6) is 5.75 Å². The third kappa shape index (κ3) is 2.82. The molecule has 0 unspecified atom stereocenters. The molecule has 86 valence electrons. The molecule has 0 fully saturated rings. The Hall–Kier alpha value is -1.36. The number of hydrogen-bond donors (Lipinski definition) is 0. The Morgan fingerprint density at radius 3 is 2.56 bits per heavy atom. The molecule has 1 aromatic carbocycles. The van der Waals surface area contributed by atoms with Crippen LogP contribution in [-0.2, 0) is 9.53 Å². The zero-order chi connectivity index (χ0) is 12.1. The summed E-state index contributed by atoms with van der Waals surface area (Å²) in [5.41, 5.74) is 0.357. The van der Waals surface area contributed by atoms with Crippen LogP contribution in [0, 0.1) is 0 Å². The molecule has 0 bridgehead atoms. The maximum absolute atomic E-state index is 11.8. The number of methoxy groups -OCH3 is 2. The summed E-state index contributed by atoms with van der Waals surface area (Å²) in [5, 5.41) is 0. The zero-order valence-electron chi connectivity index (χ0n) is 8.95. The van der Waals surface area contributed by atoms with E-state index < -0.39 is 5.97 Å². The van der Waals surface area contributed by atoms with Gasteiger partial charge in [0.15, 0.2) is 5.78 Å². The Bertz CT molecular complexity index is 414. The maximum atomic E-state index is 11.8. The van der Waals surface area contributed by atoms with Crippen molar-refractivity contribution in [2.24, 2.45) is 0 Å². The molecule has 0 saturated heterocycles. The number of rotatable bonds is 4. The lowest BCUT2D eigenvalue weighted by molar-refractivity contribution is -0.139. The minimum atomic E-state index is -0.567. The number of ketones is 1. The predicted octanol–water partition coefficient (Wildman–Crippen LogP) is 2.20. The topological polar surface area (TPSA) is 52.6 Å². The van der Waals surface area contributed by atoms with Crippen molar-refractivity contribution in [2.75, 3.05) is 14.2 Å². The highest BCUT2D eigenvalue weighted by Crippen LogP contribution is 2.27. The molecule has 0 radical (unpaired) electrons. The Kier molecular flexibility index (Phi) is 4.49. The molecule has 0 amide bonds. The molecule has 5 heteroatoms. The summed E-state index contributed by atoms with van der Waals surface area (Å²) in [7, 11) is 2.71. The molecule has 0 heterocycles. The number of benzene rings is 1. The minimum Gasteiger partial charge on any atom is -0.496 e. The van der Waals surface area contributed by atoms with E-state index in [9.17, 15) is 9.59 Å². The normalized spacial score (nSPS) is 9.69. The molecule has 1 rings (SSSR count). The fraction of sp³-hybridized carbons (Fsp3) is 0.273. The first kappa shape index (κ1) is 12.7. The average molecular weight is 287 g/mol. The Morgan fingerprint density at radius 1 is 1.31 bits per heavy atom. The molecule has 0 N–H and O–H groups in total. The molecule has 16 heavy (non-hydrogen) atoms. The maximum Gasteiger partial charge on any atom is 0.313 e. The molecule has 0 aliphatic carbocycles. The van der Waals surface area contributed by atoms with Crippen LogP contribution in [0.2, 0.25) is 0 Å². The summed E-state index contributed by atoms with van der Waals surface area (Å²) in [4.78, 5) is 22.8. The number of Topliss-reactive ketones (excluding diaryl/α,β-unsaturated/α-hetero) is 1. The summed E-state index contributed by atoms with van der Waals surface area (Å²) >= 11 is 3.25.